The van der Waals surface area contributed by atoms with Crippen LogP contribution >= 0.6 is 11.6 Å². The summed E-state index contributed by atoms with van der Waals surface area (Å²) in [4.78, 5) is 28.7. The first kappa shape index (κ1) is 24.5. The molecule has 2 aromatic rings. The molecule has 2 saturated heterocycles. The van der Waals surface area contributed by atoms with Gasteiger partial charge in [-0.2, -0.15) is 13.2 Å². The zero-order chi connectivity index (χ0) is 24.6. The smallest absolute Gasteiger partial charge is 0.338 e. The van der Waals surface area contributed by atoms with E-state index in [9.17, 15) is 27.2 Å². The Kier molecular flexibility index (Phi) is 6.87. The summed E-state index contributed by atoms with van der Waals surface area (Å²) in [6, 6.07) is 7.46. The molecule has 2 amide bonds. The van der Waals surface area contributed by atoms with Crippen LogP contribution < -0.4 is 5.32 Å². The topological polar surface area (TPSA) is 52.7 Å². The SMILES string of the molecule is Cc1ccc(NC(=O)CCN2CC3CN(C(=O)c4ccc(F)cc4C(F)(F)F)CC3C2)cc1Cl. The van der Waals surface area contributed by atoms with Crippen LogP contribution in [0.4, 0.5) is 23.2 Å². The Balaban J connectivity index is 1.29. The van der Waals surface area contributed by atoms with Gasteiger partial charge in [0.1, 0.15) is 5.82 Å². The van der Waals surface area contributed by atoms with E-state index in [1.54, 1.807) is 12.1 Å². The van der Waals surface area contributed by atoms with Gasteiger partial charge in [0.05, 0.1) is 11.1 Å². The largest absolute Gasteiger partial charge is 0.417 e. The van der Waals surface area contributed by atoms with Gasteiger partial charge in [0.25, 0.3) is 5.91 Å². The van der Waals surface area contributed by atoms with Gasteiger partial charge in [-0.1, -0.05) is 17.7 Å². The second kappa shape index (κ2) is 9.54. The van der Waals surface area contributed by atoms with Crippen LogP contribution in [0.5, 0.6) is 0 Å². The molecule has 0 radical (unpaired) electrons. The van der Waals surface area contributed by atoms with Crippen LogP contribution in [0.15, 0.2) is 36.4 Å². The molecule has 2 aliphatic heterocycles. The zero-order valence-electron chi connectivity index (χ0n) is 18.5. The number of amides is 2. The number of likely N-dealkylation sites (tertiary alicyclic amines) is 2. The summed E-state index contributed by atoms with van der Waals surface area (Å²) >= 11 is 6.08. The highest BCUT2D eigenvalue weighted by atomic mass is 35.5. The summed E-state index contributed by atoms with van der Waals surface area (Å²) in [5.74, 6) is -1.66. The summed E-state index contributed by atoms with van der Waals surface area (Å²) in [7, 11) is 0. The molecule has 0 spiro atoms. The monoisotopic (exact) mass is 497 g/mol. The van der Waals surface area contributed by atoms with Gasteiger partial charge in [0.15, 0.2) is 0 Å². The van der Waals surface area contributed by atoms with E-state index in [-0.39, 0.29) is 24.2 Å². The number of hydrogen-bond acceptors (Lipinski definition) is 3. The minimum absolute atomic E-state index is 0.123. The first-order valence-corrected chi connectivity index (χ1v) is 11.3. The molecule has 4 rings (SSSR count). The van der Waals surface area contributed by atoms with E-state index in [0.717, 1.165) is 17.7 Å². The number of halogens is 5. The third-order valence-electron chi connectivity index (χ3n) is 6.48. The summed E-state index contributed by atoms with van der Waals surface area (Å²) in [5, 5.41) is 3.40. The standard InChI is InChI=1S/C24H24ClF4N3O2/c1-14-2-4-18(9-21(14)25)30-22(33)6-7-31-10-15-12-32(13-16(15)11-31)23(34)19-5-3-17(26)8-20(19)24(27,28)29/h2-5,8-9,15-16H,6-7,10-13H2,1H3,(H,30,33). The van der Waals surface area contributed by atoms with Gasteiger partial charge in [-0.3, -0.25) is 9.59 Å². The maximum Gasteiger partial charge on any atom is 0.417 e. The molecule has 34 heavy (non-hydrogen) atoms. The minimum Gasteiger partial charge on any atom is -0.338 e. The van der Waals surface area contributed by atoms with Crippen molar-refractivity contribution in [3.8, 4) is 0 Å². The molecule has 5 nitrogen and oxygen atoms in total. The van der Waals surface area contributed by atoms with Gasteiger partial charge in [-0.15, -0.1) is 0 Å². The Hall–Kier alpha value is -2.65. The number of hydrogen-bond donors (Lipinski definition) is 1. The van der Waals surface area contributed by atoms with Crippen LogP contribution in [0, 0.1) is 24.6 Å². The van der Waals surface area contributed by atoms with Crippen LogP contribution in [-0.4, -0.2) is 54.3 Å². The first-order valence-electron chi connectivity index (χ1n) is 11.0. The van der Waals surface area contributed by atoms with Gasteiger partial charge in [-0.25, -0.2) is 4.39 Å². The normalized spacial score (nSPS) is 20.5. The fourth-order valence-electron chi connectivity index (χ4n) is 4.70. The average Bonchev–Trinajstić information content (AvgIpc) is 3.33. The second-order valence-corrected chi connectivity index (χ2v) is 9.35. The molecular weight excluding hydrogens is 474 g/mol. The number of nitrogens with zero attached hydrogens (tertiary/aromatic N) is 2. The van der Waals surface area contributed by atoms with Crippen molar-refractivity contribution in [1.29, 1.82) is 0 Å². The van der Waals surface area contributed by atoms with Crippen molar-refractivity contribution >= 4 is 29.1 Å². The molecule has 0 aliphatic carbocycles. The van der Waals surface area contributed by atoms with Crippen LogP contribution in [0.2, 0.25) is 5.02 Å². The number of carbonyl (C=O) groups excluding carboxylic acids is 2. The van der Waals surface area contributed by atoms with E-state index in [2.05, 4.69) is 10.2 Å². The molecule has 0 aromatic heterocycles. The highest BCUT2D eigenvalue weighted by molar-refractivity contribution is 6.31. The van der Waals surface area contributed by atoms with Gasteiger partial charge < -0.3 is 15.1 Å². The van der Waals surface area contributed by atoms with Crippen molar-refractivity contribution in [3.63, 3.8) is 0 Å². The van der Waals surface area contributed by atoms with Crippen LogP contribution in [0.3, 0.4) is 0 Å². The Morgan fingerprint density at radius 1 is 1.06 bits per heavy atom. The number of carbonyl (C=O) groups is 2. The third kappa shape index (κ3) is 5.36. The van der Waals surface area contributed by atoms with E-state index >= 15 is 0 Å². The highest BCUT2D eigenvalue weighted by Crippen LogP contribution is 2.36. The van der Waals surface area contributed by atoms with Crippen molar-refractivity contribution in [1.82, 2.24) is 9.80 Å². The maximum atomic E-state index is 13.4. The summed E-state index contributed by atoms with van der Waals surface area (Å²) in [6.45, 7) is 4.41. The van der Waals surface area contributed by atoms with Crippen molar-refractivity contribution in [2.75, 3.05) is 38.0 Å². The molecule has 2 aromatic carbocycles. The van der Waals surface area contributed by atoms with Crippen LogP contribution in [0.25, 0.3) is 0 Å². The molecule has 1 N–H and O–H groups in total. The average molecular weight is 498 g/mol. The fourth-order valence-corrected chi connectivity index (χ4v) is 4.88. The lowest BCUT2D eigenvalue weighted by Gasteiger charge is -2.23. The first-order chi connectivity index (χ1) is 16.0. The second-order valence-electron chi connectivity index (χ2n) is 8.94. The summed E-state index contributed by atoms with van der Waals surface area (Å²) in [6.07, 6.45) is -4.53. The van der Waals surface area contributed by atoms with E-state index in [1.165, 1.54) is 4.90 Å². The number of benzene rings is 2. The number of aryl methyl sites for hydroxylation is 1. The van der Waals surface area contributed by atoms with Crippen molar-refractivity contribution in [2.24, 2.45) is 11.8 Å². The summed E-state index contributed by atoms with van der Waals surface area (Å²) < 4.78 is 53.3. The van der Waals surface area contributed by atoms with Crippen LogP contribution in [-0.2, 0) is 11.0 Å². The van der Waals surface area contributed by atoms with Gasteiger partial charge in [0.2, 0.25) is 5.91 Å². The van der Waals surface area contributed by atoms with E-state index < -0.39 is 29.0 Å². The van der Waals surface area contributed by atoms with Gasteiger partial charge >= 0.3 is 6.18 Å². The number of nitrogens with one attached hydrogen (secondary N) is 1. The minimum atomic E-state index is -4.82. The predicted molar refractivity (Wildman–Crippen MR) is 120 cm³/mol. The van der Waals surface area contributed by atoms with E-state index in [1.807, 2.05) is 13.0 Å². The van der Waals surface area contributed by atoms with Crippen molar-refractivity contribution < 1.29 is 27.2 Å². The quantitative estimate of drug-likeness (QED) is 0.602. The molecular formula is C24H24ClF4N3O2. The lowest BCUT2D eigenvalue weighted by Crippen LogP contribution is -2.35. The maximum absolute atomic E-state index is 13.4. The number of anilines is 1. The molecule has 2 aliphatic rings. The predicted octanol–water partition coefficient (Wildman–Crippen LogP) is 4.84. The van der Waals surface area contributed by atoms with E-state index in [4.69, 9.17) is 11.6 Å². The Morgan fingerprint density at radius 3 is 2.35 bits per heavy atom. The molecule has 10 heteroatoms. The number of alkyl halides is 3. The lowest BCUT2D eigenvalue weighted by molar-refractivity contribution is -0.138. The van der Waals surface area contributed by atoms with Gasteiger partial charge in [0, 0.05) is 49.9 Å². The molecule has 2 heterocycles. The van der Waals surface area contributed by atoms with Crippen molar-refractivity contribution in [3.05, 3.63) is 63.9 Å². The molecule has 2 fully saturated rings. The molecule has 182 valence electrons. The zero-order valence-corrected chi connectivity index (χ0v) is 19.2. The molecule has 0 saturated carbocycles. The Labute approximate surface area is 199 Å². The molecule has 2 unspecified atom stereocenters. The number of rotatable bonds is 5. The summed E-state index contributed by atoms with van der Waals surface area (Å²) in [5.41, 5.74) is -0.229. The number of fused-ring (bicyclic) bond motifs is 1. The van der Waals surface area contributed by atoms with Crippen LogP contribution in [0.1, 0.15) is 27.9 Å². The lowest BCUT2D eigenvalue weighted by atomic mass is 10.0. The molecule has 0 bridgehead atoms. The third-order valence-corrected chi connectivity index (χ3v) is 6.88. The van der Waals surface area contributed by atoms with Crippen molar-refractivity contribution in [2.45, 2.75) is 19.5 Å². The van der Waals surface area contributed by atoms with E-state index in [0.29, 0.717) is 49.5 Å². The highest BCUT2D eigenvalue weighted by Gasteiger charge is 2.43. The van der Waals surface area contributed by atoms with Gasteiger partial charge in [-0.05, 0) is 54.7 Å². The fraction of sp³-hybridized carbons (Fsp3) is 0.417. The Morgan fingerprint density at radius 2 is 1.74 bits per heavy atom. The molecule has 2 atom stereocenters. The Bertz CT molecular complexity index is 1090.